The summed E-state index contributed by atoms with van der Waals surface area (Å²) < 4.78 is 48.2. The highest BCUT2D eigenvalue weighted by Crippen LogP contribution is 2.30. The van der Waals surface area contributed by atoms with Crippen LogP contribution in [0.2, 0.25) is 0 Å². The lowest BCUT2D eigenvalue weighted by molar-refractivity contribution is -0.0512. The molecule has 0 spiro atoms. The fourth-order valence-corrected chi connectivity index (χ4v) is 2.59. The van der Waals surface area contributed by atoms with Crippen molar-refractivity contribution < 1.29 is 32.5 Å². The molecule has 27 heavy (non-hydrogen) atoms. The van der Waals surface area contributed by atoms with Gasteiger partial charge in [0, 0.05) is 11.1 Å². The van der Waals surface area contributed by atoms with E-state index in [1.165, 1.54) is 37.4 Å². The third-order valence-electron chi connectivity index (χ3n) is 4.00. The fraction of sp³-hybridized carbons (Fsp3) is 0.316. The summed E-state index contributed by atoms with van der Waals surface area (Å²) in [5.74, 6) is -1.46. The highest BCUT2D eigenvalue weighted by Gasteiger charge is 2.24. The van der Waals surface area contributed by atoms with Crippen LogP contribution in [0.5, 0.6) is 11.5 Å². The molecule has 2 aromatic carbocycles. The molecule has 0 saturated heterocycles. The normalized spacial score (nSPS) is 13.1. The number of benzene rings is 2. The van der Waals surface area contributed by atoms with Gasteiger partial charge >= 0.3 is 6.61 Å². The summed E-state index contributed by atoms with van der Waals surface area (Å²) >= 11 is 0. The van der Waals surface area contributed by atoms with Crippen LogP contribution >= 0.6 is 0 Å². The number of ether oxygens (including phenoxy) is 2. The fourth-order valence-electron chi connectivity index (χ4n) is 2.59. The number of hydrogen-bond donors (Lipinski definition) is 2. The minimum Gasteiger partial charge on any atom is -0.493 e. The van der Waals surface area contributed by atoms with Crippen molar-refractivity contribution in [2.24, 2.45) is 0 Å². The van der Waals surface area contributed by atoms with Gasteiger partial charge in [-0.25, -0.2) is 4.39 Å². The second kappa shape index (κ2) is 9.27. The maximum absolute atomic E-state index is 13.9. The van der Waals surface area contributed by atoms with Gasteiger partial charge in [-0.3, -0.25) is 4.79 Å². The molecule has 1 amide bonds. The van der Waals surface area contributed by atoms with Crippen molar-refractivity contribution in [1.82, 2.24) is 5.32 Å². The first-order valence-electron chi connectivity index (χ1n) is 8.23. The number of carbonyl (C=O) groups excluding carboxylic acids is 1. The molecule has 2 N–H and O–H groups in total. The van der Waals surface area contributed by atoms with E-state index in [4.69, 9.17) is 4.74 Å². The summed E-state index contributed by atoms with van der Waals surface area (Å²) in [4.78, 5) is 12.5. The molecule has 0 aliphatic rings. The zero-order valence-corrected chi connectivity index (χ0v) is 14.8. The van der Waals surface area contributed by atoms with Crippen LogP contribution in [0, 0.1) is 5.82 Å². The Morgan fingerprint density at radius 3 is 2.48 bits per heavy atom. The van der Waals surface area contributed by atoms with E-state index in [1.54, 1.807) is 13.0 Å². The largest absolute Gasteiger partial charge is 0.493 e. The standard InChI is InChI=1S/C19H20F3NO4/c1-3-14(17(24)12-6-4-5-7-13(12)20)23-18(25)11-8-9-15(26-2)16(10-11)27-19(21)22/h4-10,14,17,19,24H,3H2,1-2H3,(H,23,25)/t14-,17-/m1/s1. The van der Waals surface area contributed by atoms with Gasteiger partial charge in [-0.1, -0.05) is 25.1 Å². The minimum atomic E-state index is -3.08. The Morgan fingerprint density at radius 2 is 1.89 bits per heavy atom. The summed E-state index contributed by atoms with van der Waals surface area (Å²) in [6, 6.07) is 8.73. The number of aliphatic hydroxyl groups excluding tert-OH is 1. The van der Waals surface area contributed by atoms with Crippen molar-refractivity contribution in [3.05, 3.63) is 59.4 Å². The molecule has 2 aromatic rings. The average Bonchev–Trinajstić information content (AvgIpc) is 2.65. The van der Waals surface area contributed by atoms with E-state index < -0.39 is 30.5 Å². The van der Waals surface area contributed by atoms with Crippen LogP contribution in [-0.2, 0) is 0 Å². The maximum atomic E-state index is 13.9. The van der Waals surface area contributed by atoms with Crippen molar-refractivity contribution in [1.29, 1.82) is 0 Å². The smallest absolute Gasteiger partial charge is 0.387 e. The number of aliphatic hydroxyl groups is 1. The molecule has 0 heterocycles. The van der Waals surface area contributed by atoms with E-state index >= 15 is 0 Å². The third-order valence-corrected chi connectivity index (χ3v) is 4.00. The molecular formula is C19H20F3NO4. The van der Waals surface area contributed by atoms with E-state index in [-0.39, 0.29) is 22.6 Å². The molecule has 8 heteroatoms. The Labute approximate surface area is 154 Å². The molecular weight excluding hydrogens is 363 g/mol. The number of halogens is 3. The molecule has 0 aromatic heterocycles. The van der Waals surface area contributed by atoms with Gasteiger partial charge in [0.05, 0.1) is 13.2 Å². The van der Waals surface area contributed by atoms with E-state index in [1.807, 2.05) is 0 Å². The SMILES string of the molecule is CC[C@@H](NC(=O)c1ccc(OC)c(OC(F)F)c1)[C@H](O)c1ccccc1F. The van der Waals surface area contributed by atoms with E-state index in [0.29, 0.717) is 6.42 Å². The first kappa shape index (κ1) is 20.6. The van der Waals surface area contributed by atoms with Crippen molar-refractivity contribution in [3.63, 3.8) is 0 Å². The second-order valence-corrected chi connectivity index (χ2v) is 5.70. The summed E-state index contributed by atoms with van der Waals surface area (Å²) in [5.41, 5.74) is 0.0896. The number of methoxy groups -OCH3 is 1. The van der Waals surface area contributed by atoms with Crippen molar-refractivity contribution in [2.45, 2.75) is 32.1 Å². The van der Waals surface area contributed by atoms with Crippen molar-refractivity contribution >= 4 is 5.91 Å². The summed E-state index contributed by atoms with van der Waals surface area (Å²) in [5, 5.41) is 13.0. The molecule has 146 valence electrons. The Kier molecular flexibility index (Phi) is 7.06. The first-order valence-corrected chi connectivity index (χ1v) is 8.23. The lowest BCUT2D eigenvalue weighted by Gasteiger charge is -2.24. The number of nitrogens with one attached hydrogen (secondary N) is 1. The molecule has 5 nitrogen and oxygen atoms in total. The average molecular weight is 383 g/mol. The van der Waals surface area contributed by atoms with Crippen LogP contribution in [0.15, 0.2) is 42.5 Å². The maximum Gasteiger partial charge on any atom is 0.387 e. The summed E-state index contributed by atoms with van der Waals surface area (Å²) in [6.07, 6.45) is -0.951. The Bertz CT molecular complexity index is 785. The van der Waals surface area contributed by atoms with Gasteiger partial charge in [-0.05, 0) is 30.7 Å². The van der Waals surface area contributed by atoms with E-state index in [0.717, 1.165) is 6.07 Å². The van der Waals surface area contributed by atoms with Gasteiger partial charge in [-0.15, -0.1) is 0 Å². The van der Waals surface area contributed by atoms with Crippen LogP contribution in [0.4, 0.5) is 13.2 Å². The molecule has 0 unspecified atom stereocenters. The number of hydrogen-bond acceptors (Lipinski definition) is 4. The molecule has 2 atom stereocenters. The molecule has 0 bridgehead atoms. The highest BCUT2D eigenvalue weighted by atomic mass is 19.3. The topological polar surface area (TPSA) is 67.8 Å². The van der Waals surface area contributed by atoms with Crippen LogP contribution in [0.3, 0.4) is 0 Å². The number of carbonyl (C=O) groups is 1. The lowest BCUT2D eigenvalue weighted by Crippen LogP contribution is -2.39. The van der Waals surface area contributed by atoms with Gasteiger partial charge < -0.3 is 19.9 Å². The molecule has 0 saturated carbocycles. The molecule has 0 aliphatic heterocycles. The van der Waals surface area contributed by atoms with Crippen LogP contribution in [0.25, 0.3) is 0 Å². The zero-order chi connectivity index (χ0) is 20.0. The molecule has 0 aliphatic carbocycles. The third kappa shape index (κ3) is 5.13. The Hall–Kier alpha value is -2.74. The second-order valence-electron chi connectivity index (χ2n) is 5.70. The summed E-state index contributed by atoms with van der Waals surface area (Å²) in [6.45, 7) is -1.36. The van der Waals surface area contributed by atoms with Gasteiger partial charge in [0.25, 0.3) is 5.91 Å². The number of alkyl halides is 2. The van der Waals surface area contributed by atoms with Crippen molar-refractivity contribution in [3.8, 4) is 11.5 Å². The monoisotopic (exact) mass is 383 g/mol. The van der Waals surface area contributed by atoms with E-state index in [9.17, 15) is 23.1 Å². The highest BCUT2D eigenvalue weighted by molar-refractivity contribution is 5.95. The van der Waals surface area contributed by atoms with Crippen LogP contribution < -0.4 is 14.8 Å². The molecule has 0 fully saturated rings. The predicted molar refractivity (Wildman–Crippen MR) is 92.5 cm³/mol. The number of rotatable bonds is 8. The first-order chi connectivity index (χ1) is 12.9. The minimum absolute atomic E-state index is 0.0330. The van der Waals surface area contributed by atoms with E-state index in [2.05, 4.69) is 10.1 Å². The predicted octanol–water partition coefficient (Wildman–Crippen LogP) is 3.68. The Morgan fingerprint density at radius 1 is 1.19 bits per heavy atom. The molecule has 0 radical (unpaired) electrons. The van der Waals surface area contributed by atoms with Gasteiger partial charge in [0.2, 0.25) is 0 Å². The van der Waals surface area contributed by atoms with Gasteiger partial charge in [0.1, 0.15) is 11.9 Å². The molecule has 2 rings (SSSR count). The Balaban J connectivity index is 2.20. The lowest BCUT2D eigenvalue weighted by atomic mass is 9.99. The quantitative estimate of drug-likeness (QED) is 0.730. The van der Waals surface area contributed by atoms with Gasteiger partial charge in [-0.2, -0.15) is 8.78 Å². The zero-order valence-electron chi connectivity index (χ0n) is 14.8. The van der Waals surface area contributed by atoms with Crippen LogP contribution in [-0.4, -0.2) is 30.8 Å². The van der Waals surface area contributed by atoms with Crippen LogP contribution in [0.1, 0.15) is 35.4 Å². The summed E-state index contributed by atoms with van der Waals surface area (Å²) in [7, 11) is 1.28. The van der Waals surface area contributed by atoms with Gasteiger partial charge in [0.15, 0.2) is 11.5 Å². The number of amides is 1. The van der Waals surface area contributed by atoms with Crippen molar-refractivity contribution in [2.75, 3.05) is 7.11 Å².